The molecule has 0 aromatic heterocycles. The van der Waals surface area contributed by atoms with E-state index < -0.39 is 11.9 Å². The molecule has 25 heavy (non-hydrogen) atoms. The molecular formula is C19H19N2O4-. The first kappa shape index (κ1) is 18.2. The molecule has 0 aliphatic rings. The molecule has 0 bridgehead atoms. The van der Waals surface area contributed by atoms with E-state index in [1.54, 1.807) is 24.3 Å². The molecule has 6 nitrogen and oxygen atoms in total. The Kier molecular flexibility index (Phi) is 6.28. The number of nitrogens with one attached hydrogen (secondary N) is 2. The quantitative estimate of drug-likeness (QED) is 0.806. The molecule has 0 fully saturated rings. The van der Waals surface area contributed by atoms with Crippen molar-refractivity contribution in [3.05, 3.63) is 59.7 Å². The Morgan fingerprint density at radius 1 is 0.920 bits per heavy atom. The number of amides is 2. The number of carboxylic acids is 1. The lowest BCUT2D eigenvalue weighted by Crippen LogP contribution is -2.24. The maximum atomic E-state index is 12.3. The summed E-state index contributed by atoms with van der Waals surface area (Å²) < 4.78 is 0. The van der Waals surface area contributed by atoms with Gasteiger partial charge in [0, 0.05) is 29.3 Å². The van der Waals surface area contributed by atoms with Gasteiger partial charge in [-0.1, -0.05) is 25.1 Å². The average Bonchev–Trinajstić information content (AvgIpc) is 2.61. The van der Waals surface area contributed by atoms with Crippen LogP contribution in [0.15, 0.2) is 48.5 Å². The van der Waals surface area contributed by atoms with Gasteiger partial charge in [0.25, 0.3) is 5.91 Å². The summed E-state index contributed by atoms with van der Waals surface area (Å²) in [7, 11) is 0. The van der Waals surface area contributed by atoms with Crippen molar-refractivity contribution in [2.75, 3.05) is 10.6 Å². The minimum Gasteiger partial charge on any atom is -0.550 e. The number of rotatable bonds is 7. The predicted molar refractivity (Wildman–Crippen MR) is 93.1 cm³/mol. The molecule has 0 spiro atoms. The van der Waals surface area contributed by atoms with E-state index in [9.17, 15) is 19.5 Å². The zero-order valence-corrected chi connectivity index (χ0v) is 13.9. The van der Waals surface area contributed by atoms with E-state index in [0.29, 0.717) is 11.3 Å². The van der Waals surface area contributed by atoms with E-state index in [1.807, 2.05) is 31.2 Å². The summed E-state index contributed by atoms with van der Waals surface area (Å²) in [4.78, 5) is 34.2. The Morgan fingerprint density at radius 2 is 1.60 bits per heavy atom. The van der Waals surface area contributed by atoms with Crippen LogP contribution in [0.2, 0.25) is 0 Å². The molecule has 2 aromatic rings. The molecule has 2 amide bonds. The summed E-state index contributed by atoms with van der Waals surface area (Å²) in [5.41, 5.74) is 2.77. The summed E-state index contributed by atoms with van der Waals surface area (Å²) in [6.07, 6.45) is 0.328. The first-order valence-corrected chi connectivity index (χ1v) is 7.98. The number of hydrogen-bond acceptors (Lipinski definition) is 4. The van der Waals surface area contributed by atoms with Crippen LogP contribution in [0.5, 0.6) is 0 Å². The SMILES string of the molecule is CCc1ccccc1NC(=O)c1ccc(NC(=O)CCC(=O)[O-])cc1. The van der Waals surface area contributed by atoms with E-state index in [-0.39, 0.29) is 18.7 Å². The van der Waals surface area contributed by atoms with Crippen LogP contribution in [0.25, 0.3) is 0 Å². The number of aliphatic carboxylic acids is 1. The Bertz CT molecular complexity index is 769. The molecule has 0 unspecified atom stereocenters. The third kappa shape index (κ3) is 5.46. The number of aryl methyl sites for hydroxylation is 1. The van der Waals surface area contributed by atoms with Crippen molar-refractivity contribution in [3.8, 4) is 0 Å². The Hall–Kier alpha value is -3.15. The Morgan fingerprint density at radius 3 is 2.24 bits per heavy atom. The molecule has 2 rings (SSSR count). The van der Waals surface area contributed by atoms with Gasteiger partial charge in [0.05, 0.1) is 0 Å². The second kappa shape index (κ2) is 8.63. The molecule has 6 heteroatoms. The van der Waals surface area contributed by atoms with Gasteiger partial charge in [0.15, 0.2) is 0 Å². The fourth-order valence-corrected chi connectivity index (χ4v) is 2.29. The van der Waals surface area contributed by atoms with Gasteiger partial charge in [-0.3, -0.25) is 9.59 Å². The molecule has 130 valence electrons. The van der Waals surface area contributed by atoms with E-state index in [4.69, 9.17) is 0 Å². The molecule has 0 radical (unpaired) electrons. The van der Waals surface area contributed by atoms with E-state index >= 15 is 0 Å². The first-order valence-electron chi connectivity index (χ1n) is 7.98. The van der Waals surface area contributed by atoms with Gasteiger partial charge in [-0.25, -0.2) is 0 Å². The third-order valence-corrected chi connectivity index (χ3v) is 3.63. The van der Waals surface area contributed by atoms with Crippen LogP contribution in [0.3, 0.4) is 0 Å². The minimum atomic E-state index is -1.27. The van der Waals surface area contributed by atoms with E-state index in [0.717, 1.165) is 17.7 Å². The van der Waals surface area contributed by atoms with E-state index in [2.05, 4.69) is 10.6 Å². The van der Waals surface area contributed by atoms with Gasteiger partial charge in [-0.2, -0.15) is 0 Å². The largest absolute Gasteiger partial charge is 0.550 e. The highest BCUT2D eigenvalue weighted by atomic mass is 16.4. The number of hydrogen-bond donors (Lipinski definition) is 2. The summed E-state index contributed by atoms with van der Waals surface area (Å²) in [5.74, 6) is -1.93. The molecule has 0 aliphatic carbocycles. The zero-order valence-electron chi connectivity index (χ0n) is 13.9. The van der Waals surface area contributed by atoms with Crippen LogP contribution in [-0.4, -0.2) is 17.8 Å². The molecule has 0 saturated carbocycles. The van der Waals surface area contributed by atoms with Crippen molar-refractivity contribution in [2.24, 2.45) is 0 Å². The maximum absolute atomic E-state index is 12.3. The van der Waals surface area contributed by atoms with Gasteiger partial charge < -0.3 is 20.5 Å². The van der Waals surface area contributed by atoms with Gasteiger partial charge in [-0.05, 0) is 48.7 Å². The number of carboxylic acid groups (broad SMARTS) is 1. The van der Waals surface area contributed by atoms with Crippen LogP contribution in [0.4, 0.5) is 11.4 Å². The van der Waals surface area contributed by atoms with Crippen molar-refractivity contribution in [3.63, 3.8) is 0 Å². The molecule has 2 aromatic carbocycles. The monoisotopic (exact) mass is 339 g/mol. The minimum absolute atomic E-state index is 0.154. The second-order valence-electron chi connectivity index (χ2n) is 5.46. The lowest BCUT2D eigenvalue weighted by Gasteiger charge is -2.10. The zero-order chi connectivity index (χ0) is 18.2. The summed E-state index contributed by atoms with van der Waals surface area (Å²) in [6.45, 7) is 2.02. The molecule has 0 atom stereocenters. The van der Waals surface area contributed by atoms with Crippen molar-refractivity contribution < 1.29 is 19.5 Å². The van der Waals surface area contributed by atoms with Crippen molar-refractivity contribution in [1.29, 1.82) is 0 Å². The number of benzene rings is 2. The standard InChI is InChI=1S/C19H20N2O4/c1-2-13-5-3-4-6-16(13)21-19(25)14-7-9-15(10-8-14)20-17(22)11-12-18(23)24/h3-10H,2,11-12H2,1H3,(H,20,22)(H,21,25)(H,23,24)/p-1. The van der Waals surface area contributed by atoms with Crippen LogP contribution >= 0.6 is 0 Å². The van der Waals surface area contributed by atoms with Gasteiger partial charge in [0.2, 0.25) is 5.91 Å². The summed E-state index contributed by atoms with van der Waals surface area (Å²) >= 11 is 0. The number of carbonyl (C=O) groups is 3. The van der Waals surface area contributed by atoms with Gasteiger partial charge in [-0.15, -0.1) is 0 Å². The molecule has 0 saturated heterocycles. The topological polar surface area (TPSA) is 98.3 Å². The van der Waals surface area contributed by atoms with Crippen molar-refractivity contribution in [2.45, 2.75) is 26.2 Å². The first-order chi connectivity index (χ1) is 12.0. The number of anilines is 2. The molecular weight excluding hydrogens is 320 g/mol. The second-order valence-corrected chi connectivity index (χ2v) is 5.46. The van der Waals surface area contributed by atoms with Crippen LogP contribution in [0.1, 0.15) is 35.7 Å². The van der Waals surface area contributed by atoms with Crippen LogP contribution < -0.4 is 15.7 Å². The summed E-state index contributed by atoms with van der Waals surface area (Å²) in [6, 6.07) is 14.0. The molecule has 2 N–H and O–H groups in total. The lowest BCUT2D eigenvalue weighted by molar-refractivity contribution is -0.305. The van der Waals surface area contributed by atoms with Gasteiger partial charge >= 0.3 is 0 Å². The normalized spacial score (nSPS) is 10.1. The predicted octanol–water partition coefficient (Wildman–Crippen LogP) is 1.97. The fraction of sp³-hybridized carbons (Fsp3) is 0.211. The van der Waals surface area contributed by atoms with Crippen molar-refractivity contribution >= 4 is 29.2 Å². The Balaban J connectivity index is 1.98. The lowest BCUT2D eigenvalue weighted by atomic mass is 10.1. The highest BCUT2D eigenvalue weighted by molar-refractivity contribution is 6.05. The fourth-order valence-electron chi connectivity index (χ4n) is 2.29. The van der Waals surface area contributed by atoms with Gasteiger partial charge in [0.1, 0.15) is 0 Å². The highest BCUT2D eigenvalue weighted by Crippen LogP contribution is 2.17. The summed E-state index contributed by atoms with van der Waals surface area (Å²) in [5, 5.41) is 15.8. The van der Waals surface area contributed by atoms with Crippen LogP contribution in [-0.2, 0) is 16.0 Å². The van der Waals surface area contributed by atoms with Crippen LogP contribution in [0, 0.1) is 0 Å². The smallest absolute Gasteiger partial charge is 0.255 e. The number of carbonyl (C=O) groups excluding carboxylic acids is 3. The third-order valence-electron chi connectivity index (χ3n) is 3.63. The Labute approximate surface area is 145 Å². The van der Waals surface area contributed by atoms with E-state index in [1.165, 1.54) is 0 Å². The molecule has 0 heterocycles. The molecule has 0 aliphatic heterocycles. The highest BCUT2D eigenvalue weighted by Gasteiger charge is 2.09. The maximum Gasteiger partial charge on any atom is 0.255 e. The van der Waals surface area contributed by atoms with Crippen molar-refractivity contribution in [1.82, 2.24) is 0 Å². The number of para-hydroxylation sites is 1. The average molecular weight is 339 g/mol.